The summed E-state index contributed by atoms with van der Waals surface area (Å²) in [4.78, 5) is 25.4. The molecule has 2 amide bonds. The Morgan fingerprint density at radius 3 is 2.26 bits per heavy atom. The van der Waals surface area contributed by atoms with Crippen LogP contribution < -0.4 is 15.4 Å². The van der Waals surface area contributed by atoms with E-state index in [1.165, 1.54) is 0 Å². The molecule has 0 aliphatic carbocycles. The summed E-state index contributed by atoms with van der Waals surface area (Å²) >= 11 is 12.4. The summed E-state index contributed by atoms with van der Waals surface area (Å²) in [5.74, 6) is 0.0810. The molecule has 1 heterocycles. The number of rotatable bonds is 7. The van der Waals surface area contributed by atoms with Crippen molar-refractivity contribution in [1.82, 2.24) is 10.6 Å². The number of hydrogen-bond donors (Lipinski definition) is 2. The molecule has 1 aliphatic heterocycles. The third-order valence-corrected chi connectivity index (χ3v) is 6.00. The Labute approximate surface area is 207 Å². The van der Waals surface area contributed by atoms with Crippen LogP contribution >= 0.6 is 23.2 Å². The van der Waals surface area contributed by atoms with Crippen molar-refractivity contribution >= 4 is 40.9 Å². The molecule has 0 aromatic heterocycles. The van der Waals surface area contributed by atoms with E-state index < -0.39 is 18.0 Å². The van der Waals surface area contributed by atoms with Gasteiger partial charge in [0.25, 0.3) is 0 Å². The van der Waals surface area contributed by atoms with Gasteiger partial charge in [0.05, 0.1) is 23.9 Å². The molecule has 0 unspecified atom stereocenters. The Hall–Kier alpha value is -3.48. The third kappa shape index (κ3) is 5.19. The van der Waals surface area contributed by atoms with Gasteiger partial charge in [-0.25, -0.2) is 9.59 Å². The molecule has 0 saturated heterocycles. The number of halogens is 2. The van der Waals surface area contributed by atoms with E-state index in [4.69, 9.17) is 32.7 Å². The van der Waals surface area contributed by atoms with Gasteiger partial charge >= 0.3 is 12.0 Å². The van der Waals surface area contributed by atoms with Crippen LogP contribution in [0.2, 0.25) is 10.0 Å². The molecule has 34 heavy (non-hydrogen) atoms. The second kappa shape index (κ2) is 10.6. The predicted molar refractivity (Wildman–Crippen MR) is 132 cm³/mol. The van der Waals surface area contributed by atoms with Crippen molar-refractivity contribution in [3.63, 3.8) is 0 Å². The summed E-state index contributed by atoms with van der Waals surface area (Å²) in [5, 5.41) is 6.64. The van der Waals surface area contributed by atoms with Gasteiger partial charge in [0.15, 0.2) is 0 Å². The monoisotopic (exact) mass is 496 g/mol. The molecule has 4 rings (SSSR count). The normalized spacial score (nSPS) is 15.4. The smallest absolute Gasteiger partial charge is 0.338 e. The lowest BCUT2D eigenvalue weighted by Gasteiger charge is -2.29. The highest BCUT2D eigenvalue weighted by Gasteiger charge is 2.34. The van der Waals surface area contributed by atoms with Gasteiger partial charge in [-0.2, -0.15) is 0 Å². The number of nitrogens with one attached hydrogen (secondary N) is 2. The quantitative estimate of drug-likeness (QED) is 0.399. The second-order valence-corrected chi connectivity index (χ2v) is 8.28. The summed E-state index contributed by atoms with van der Waals surface area (Å²) in [6.07, 6.45) is 0. The fourth-order valence-corrected chi connectivity index (χ4v) is 4.16. The van der Waals surface area contributed by atoms with Crippen LogP contribution in [0, 0.1) is 0 Å². The van der Waals surface area contributed by atoms with Gasteiger partial charge in [0.1, 0.15) is 12.4 Å². The van der Waals surface area contributed by atoms with E-state index in [1.54, 1.807) is 49.4 Å². The van der Waals surface area contributed by atoms with Crippen LogP contribution in [0.5, 0.6) is 5.75 Å². The molecule has 0 bridgehead atoms. The minimum atomic E-state index is -0.699. The first-order chi connectivity index (χ1) is 16.5. The zero-order chi connectivity index (χ0) is 24.1. The van der Waals surface area contributed by atoms with Crippen LogP contribution in [-0.2, 0) is 16.1 Å². The lowest BCUT2D eigenvalue weighted by molar-refractivity contribution is -0.138. The van der Waals surface area contributed by atoms with Crippen molar-refractivity contribution in [1.29, 1.82) is 0 Å². The number of carbonyl (C=O) groups is 2. The number of benzene rings is 3. The van der Waals surface area contributed by atoms with Crippen LogP contribution in [0.4, 0.5) is 4.79 Å². The Bertz CT molecular complexity index is 1210. The van der Waals surface area contributed by atoms with Crippen molar-refractivity contribution in [3.05, 3.63) is 105 Å². The lowest BCUT2D eigenvalue weighted by Crippen LogP contribution is -2.45. The van der Waals surface area contributed by atoms with E-state index in [2.05, 4.69) is 10.6 Å². The number of esters is 1. The maximum atomic E-state index is 12.9. The second-order valence-electron chi connectivity index (χ2n) is 7.46. The molecule has 2 N–H and O–H groups in total. The van der Waals surface area contributed by atoms with Crippen LogP contribution in [0.1, 0.15) is 29.7 Å². The maximum absolute atomic E-state index is 12.9. The van der Waals surface area contributed by atoms with Gasteiger partial charge in [-0.1, -0.05) is 71.7 Å². The summed E-state index contributed by atoms with van der Waals surface area (Å²) in [5.41, 5.74) is 2.85. The molecule has 8 heteroatoms. The van der Waals surface area contributed by atoms with Crippen LogP contribution in [-0.4, -0.2) is 18.6 Å². The highest BCUT2D eigenvalue weighted by atomic mass is 35.5. The van der Waals surface area contributed by atoms with Gasteiger partial charge in [-0.15, -0.1) is 0 Å². The molecule has 0 radical (unpaired) electrons. The van der Waals surface area contributed by atoms with Crippen LogP contribution in [0.3, 0.4) is 0 Å². The van der Waals surface area contributed by atoms with E-state index in [1.807, 2.05) is 30.3 Å². The largest absolute Gasteiger partial charge is 0.489 e. The minimum absolute atomic E-state index is 0.202. The van der Waals surface area contributed by atoms with Crippen molar-refractivity contribution in [2.45, 2.75) is 19.6 Å². The van der Waals surface area contributed by atoms with Gasteiger partial charge < -0.3 is 20.1 Å². The topological polar surface area (TPSA) is 76.7 Å². The first-order valence-corrected chi connectivity index (χ1v) is 11.4. The Kier molecular flexibility index (Phi) is 7.40. The van der Waals surface area contributed by atoms with Crippen LogP contribution in [0.25, 0.3) is 5.70 Å². The molecule has 1 atom stereocenters. The first kappa shape index (κ1) is 23.7. The molecule has 1 aliphatic rings. The third-order valence-electron chi connectivity index (χ3n) is 5.29. The highest BCUT2D eigenvalue weighted by molar-refractivity contribution is 6.35. The maximum Gasteiger partial charge on any atom is 0.338 e. The molecule has 0 saturated carbocycles. The summed E-state index contributed by atoms with van der Waals surface area (Å²) in [6, 6.07) is 20.5. The average Bonchev–Trinajstić information content (AvgIpc) is 2.84. The van der Waals surface area contributed by atoms with Crippen LogP contribution in [0.15, 0.2) is 78.4 Å². The highest BCUT2D eigenvalue weighted by Crippen LogP contribution is 2.33. The number of hydrogen-bond acceptors (Lipinski definition) is 4. The lowest BCUT2D eigenvalue weighted by atomic mass is 9.92. The molecule has 6 nitrogen and oxygen atoms in total. The van der Waals surface area contributed by atoms with Crippen molar-refractivity contribution in [3.8, 4) is 5.75 Å². The average molecular weight is 497 g/mol. The summed E-state index contributed by atoms with van der Waals surface area (Å²) < 4.78 is 11.2. The van der Waals surface area contributed by atoms with Gasteiger partial charge in [-0.05, 0) is 42.3 Å². The molecular weight excluding hydrogens is 475 g/mol. The molecule has 174 valence electrons. The number of amides is 2. The van der Waals surface area contributed by atoms with Gasteiger partial charge in [0, 0.05) is 15.6 Å². The van der Waals surface area contributed by atoms with Crippen molar-refractivity contribution < 1.29 is 19.1 Å². The summed E-state index contributed by atoms with van der Waals surface area (Å²) in [6.45, 7) is 2.15. The molecule has 0 spiro atoms. The standard InChI is InChI=1S/C26H22Cl2N2O4/c1-2-33-25(31)22-23(16-7-4-3-5-8-16)29-26(32)30-24(22)17-11-13-18(14-12-17)34-15-19-20(27)9-6-10-21(19)28/h3-14,24H,2,15H2,1H3,(H2,29,30,32)/t24-/m1/s1. The molecular formula is C26H22Cl2N2O4. The van der Waals surface area contributed by atoms with Gasteiger partial charge in [0.2, 0.25) is 0 Å². The SMILES string of the molecule is CCOC(=O)C1=C(c2ccccc2)NC(=O)N[C@@H]1c1ccc(OCc2c(Cl)cccc2Cl)cc1. The fourth-order valence-electron chi connectivity index (χ4n) is 3.66. The Morgan fingerprint density at radius 1 is 0.941 bits per heavy atom. The van der Waals surface area contributed by atoms with E-state index in [-0.39, 0.29) is 13.2 Å². The molecule has 0 fully saturated rings. The van der Waals surface area contributed by atoms with Crippen molar-refractivity contribution in [2.24, 2.45) is 0 Å². The summed E-state index contributed by atoms with van der Waals surface area (Å²) in [7, 11) is 0. The van der Waals surface area contributed by atoms with E-state index in [0.29, 0.717) is 43.8 Å². The number of carbonyl (C=O) groups excluding carboxylic acids is 2. The zero-order valence-electron chi connectivity index (χ0n) is 18.3. The zero-order valence-corrected chi connectivity index (χ0v) is 19.8. The predicted octanol–water partition coefficient (Wildman–Crippen LogP) is 5.90. The number of ether oxygens (including phenoxy) is 2. The van der Waals surface area contributed by atoms with E-state index in [0.717, 1.165) is 0 Å². The van der Waals surface area contributed by atoms with E-state index >= 15 is 0 Å². The Balaban J connectivity index is 1.63. The Morgan fingerprint density at radius 2 is 1.62 bits per heavy atom. The molecule has 3 aromatic rings. The number of urea groups is 1. The van der Waals surface area contributed by atoms with Gasteiger partial charge in [-0.3, -0.25) is 0 Å². The molecule has 3 aromatic carbocycles. The van der Waals surface area contributed by atoms with E-state index in [9.17, 15) is 9.59 Å². The minimum Gasteiger partial charge on any atom is -0.489 e. The first-order valence-electron chi connectivity index (χ1n) is 10.7. The fraction of sp³-hybridized carbons (Fsp3) is 0.154. The van der Waals surface area contributed by atoms with Crippen molar-refractivity contribution in [2.75, 3.05) is 6.61 Å².